The highest BCUT2D eigenvalue weighted by Gasteiger charge is 2.23. The molecule has 0 aliphatic carbocycles. The molecule has 0 fully saturated rings. The Morgan fingerprint density at radius 3 is 2.13 bits per heavy atom. The van der Waals surface area contributed by atoms with Crippen LogP contribution in [0, 0.1) is 5.92 Å². The van der Waals surface area contributed by atoms with Crippen molar-refractivity contribution in [2.24, 2.45) is 11.7 Å². The smallest absolute Gasteiger partial charge is 0.261 e. The number of nitrogens with two attached hydrogens (primary N) is 1. The van der Waals surface area contributed by atoms with Gasteiger partial charge in [-0.3, -0.25) is 14.1 Å². The number of unbranched alkanes of at least 4 members (excludes halogenated alkanes) is 1. The summed E-state index contributed by atoms with van der Waals surface area (Å²) in [7, 11) is -2.10. The van der Waals surface area contributed by atoms with Crippen molar-refractivity contribution in [2.45, 2.75) is 72.5 Å². The summed E-state index contributed by atoms with van der Waals surface area (Å²) < 4.78 is 48.5. The SMILES string of the molecule is COc1cc(C(=O)N(C(C)C)C(C)C)ccc1OCCCCOc1ccc2onc(NC(=O)[C@@H](N)C(C)C)c2c1.CS(=O)(=O)O. The summed E-state index contributed by atoms with van der Waals surface area (Å²) in [5, 5.41) is 7.33. The van der Waals surface area contributed by atoms with Crippen molar-refractivity contribution in [1.29, 1.82) is 0 Å². The molecular formula is C31H46N4O9S. The molecule has 0 bridgehead atoms. The lowest BCUT2D eigenvalue weighted by Crippen LogP contribution is -2.42. The molecule has 3 aromatic rings. The molecule has 2 aromatic carbocycles. The van der Waals surface area contributed by atoms with E-state index in [2.05, 4.69) is 10.5 Å². The van der Waals surface area contributed by atoms with E-state index in [9.17, 15) is 18.0 Å². The van der Waals surface area contributed by atoms with Gasteiger partial charge in [-0.05, 0) is 82.9 Å². The lowest BCUT2D eigenvalue weighted by atomic mass is 10.1. The second-order valence-corrected chi connectivity index (χ2v) is 12.8. The van der Waals surface area contributed by atoms with Crippen LogP contribution in [0.25, 0.3) is 11.0 Å². The Hall–Kier alpha value is -3.88. The van der Waals surface area contributed by atoms with Crippen molar-refractivity contribution in [3.05, 3.63) is 42.0 Å². The molecule has 45 heavy (non-hydrogen) atoms. The molecule has 250 valence electrons. The summed E-state index contributed by atoms with van der Waals surface area (Å²) in [4.78, 5) is 27.2. The number of carbonyl (C=O) groups is 2. The van der Waals surface area contributed by atoms with Crippen LogP contribution in [0.4, 0.5) is 5.82 Å². The van der Waals surface area contributed by atoms with Gasteiger partial charge in [0.25, 0.3) is 16.0 Å². The first-order valence-corrected chi connectivity index (χ1v) is 16.5. The molecule has 0 aliphatic rings. The van der Waals surface area contributed by atoms with Crippen LogP contribution in [-0.4, -0.2) is 79.5 Å². The topological polar surface area (TPSA) is 184 Å². The monoisotopic (exact) mass is 650 g/mol. The molecule has 2 amide bonds. The molecule has 1 aromatic heterocycles. The summed E-state index contributed by atoms with van der Waals surface area (Å²) in [6.07, 6.45) is 2.22. The van der Waals surface area contributed by atoms with Crippen LogP contribution in [0.1, 0.15) is 64.7 Å². The Morgan fingerprint density at radius 1 is 0.978 bits per heavy atom. The van der Waals surface area contributed by atoms with E-state index < -0.39 is 16.2 Å². The highest BCUT2D eigenvalue weighted by atomic mass is 32.2. The molecule has 14 heteroatoms. The van der Waals surface area contributed by atoms with Gasteiger partial charge in [0.1, 0.15) is 5.75 Å². The number of amides is 2. The number of nitrogens with one attached hydrogen (secondary N) is 1. The summed E-state index contributed by atoms with van der Waals surface area (Å²) >= 11 is 0. The van der Waals surface area contributed by atoms with Crippen LogP contribution >= 0.6 is 0 Å². The first-order valence-electron chi connectivity index (χ1n) is 14.7. The van der Waals surface area contributed by atoms with Crippen LogP contribution in [0.3, 0.4) is 0 Å². The number of nitrogens with zero attached hydrogens (tertiary/aromatic N) is 2. The first-order chi connectivity index (χ1) is 21.0. The molecular weight excluding hydrogens is 604 g/mol. The quantitative estimate of drug-likeness (QED) is 0.161. The van der Waals surface area contributed by atoms with E-state index in [1.54, 1.807) is 43.5 Å². The van der Waals surface area contributed by atoms with Crippen molar-refractivity contribution in [3.63, 3.8) is 0 Å². The molecule has 1 heterocycles. The van der Waals surface area contributed by atoms with Crippen LogP contribution in [0.2, 0.25) is 0 Å². The van der Waals surface area contributed by atoms with Crippen LogP contribution in [0.5, 0.6) is 17.2 Å². The minimum atomic E-state index is -3.67. The number of hydrogen-bond donors (Lipinski definition) is 3. The molecule has 0 saturated heterocycles. The van der Waals surface area contributed by atoms with Gasteiger partial charge in [-0.15, -0.1) is 0 Å². The molecule has 0 saturated carbocycles. The van der Waals surface area contributed by atoms with Gasteiger partial charge in [0, 0.05) is 17.6 Å². The fraction of sp³-hybridized carbons (Fsp3) is 0.516. The summed E-state index contributed by atoms with van der Waals surface area (Å²) in [6, 6.07) is 10.1. The fourth-order valence-corrected chi connectivity index (χ4v) is 4.31. The van der Waals surface area contributed by atoms with Gasteiger partial charge in [-0.1, -0.05) is 19.0 Å². The number of benzene rings is 2. The molecule has 4 N–H and O–H groups in total. The zero-order valence-corrected chi connectivity index (χ0v) is 28.0. The minimum Gasteiger partial charge on any atom is -0.494 e. The number of carbonyl (C=O) groups excluding carboxylic acids is 2. The van der Waals surface area contributed by atoms with Gasteiger partial charge in [-0.2, -0.15) is 8.42 Å². The van der Waals surface area contributed by atoms with Gasteiger partial charge in [0.05, 0.1) is 38.0 Å². The zero-order chi connectivity index (χ0) is 33.9. The maximum Gasteiger partial charge on any atom is 0.261 e. The van der Waals surface area contributed by atoms with Crippen molar-refractivity contribution in [1.82, 2.24) is 10.1 Å². The third-order valence-electron chi connectivity index (χ3n) is 6.53. The van der Waals surface area contributed by atoms with Crippen molar-refractivity contribution >= 4 is 38.7 Å². The number of rotatable bonds is 14. The number of anilines is 1. The average Bonchev–Trinajstić information content (AvgIpc) is 3.34. The van der Waals surface area contributed by atoms with Crippen molar-refractivity contribution in [3.8, 4) is 17.2 Å². The van der Waals surface area contributed by atoms with Gasteiger partial charge in [0.15, 0.2) is 22.9 Å². The zero-order valence-electron chi connectivity index (χ0n) is 27.2. The maximum absolute atomic E-state index is 13.0. The Labute approximate surface area is 265 Å². The van der Waals surface area contributed by atoms with Crippen LogP contribution < -0.4 is 25.3 Å². The van der Waals surface area contributed by atoms with Crippen LogP contribution in [-0.2, 0) is 14.9 Å². The molecule has 0 aliphatic heterocycles. The van der Waals surface area contributed by atoms with Crippen molar-refractivity contribution < 1.29 is 41.3 Å². The number of ether oxygens (including phenoxy) is 3. The largest absolute Gasteiger partial charge is 0.494 e. The standard InChI is InChI=1S/C30H42N4O6.CH4O3S/c1-18(2)27(31)29(35)32-28-23-17-22(11-13-24(23)40-33-28)38-14-8-9-15-39-25-12-10-21(16-26(25)37-7)30(36)34(19(3)4)20(5)6;1-5(2,3)4/h10-13,16-20,27H,8-9,14-15,31H2,1-7H3,(H,32,33,35);1H3,(H,2,3,4)/t27-;/m0./s1. The Bertz CT molecular complexity index is 1500. The highest BCUT2D eigenvalue weighted by molar-refractivity contribution is 7.85. The minimum absolute atomic E-state index is 0.00363. The maximum atomic E-state index is 13.0. The molecule has 0 unspecified atom stereocenters. The van der Waals surface area contributed by atoms with Crippen molar-refractivity contribution in [2.75, 3.05) is 31.9 Å². The molecule has 13 nitrogen and oxygen atoms in total. The number of aromatic nitrogens is 1. The van der Waals surface area contributed by atoms with E-state index in [4.69, 9.17) is 29.0 Å². The van der Waals surface area contributed by atoms with Gasteiger partial charge in [-0.25, -0.2) is 0 Å². The second kappa shape index (κ2) is 17.0. The van der Waals surface area contributed by atoms with E-state index in [1.807, 2.05) is 46.4 Å². The van der Waals surface area contributed by atoms with E-state index in [-0.39, 0.29) is 29.8 Å². The first kappa shape index (κ1) is 37.3. The average molecular weight is 651 g/mol. The third kappa shape index (κ3) is 11.9. The number of methoxy groups -OCH3 is 1. The van der Waals surface area contributed by atoms with E-state index in [0.717, 1.165) is 12.8 Å². The summed E-state index contributed by atoms with van der Waals surface area (Å²) in [5.74, 6) is 1.71. The third-order valence-corrected chi connectivity index (χ3v) is 6.53. The predicted octanol–water partition coefficient (Wildman–Crippen LogP) is 4.76. The normalized spacial score (nSPS) is 12.1. The molecule has 0 spiro atoms. The molecule has 0 radical (unpaired) electrons. The number of fused-ring (bicyclic) bond motifs is 1. The van der Waals surface area contributed by atoms with Gasteiger partial charge in [0.2, 0.25) is 5.91 Å². The Morgan fingerprint density at radius 2 is 1.58 bits per heavy atom. The lowest BCUT2D eigenvalue weighted by molar-refractivity contribution is -0.118. The van der Waals surface area contributed by atoms with E-state index in [0.29, 0.717) is 59.1 Å². The van der Waals surface area contributed by atoms with Crippen LogP contribution in [0.15, 0.2) is 40.9 Å². The van der Waals surface area contributed by atoms with E-state index in [1.165, 1.54) is 0 Å². The Kier molecular flexibility index (Phi) is 14.1. The molecule has 3 rings (SSSR count). The highest BCUT2D eigenvalue weighted by Crippen LogP contribution is 2.30. The second-order valence-electron chi connectivity index (χ2n) is 11.4. The Balaban J connectivity index is 0.00000130. The number of hydrogen-bond acceptors (Lipinski definition) is 10. The fourth-order valence-electron chi connectivity index (χ4n) is 4.31. The summed E-state index contributed by atoms with van der Waals surface area (Å²) in [5.41, 5.74) is 7.03. The lowest BCUT2D eigenvalue weighted by Gasteiger charge is -2.31. The van der Waals surface area contributed by atoms with Gasteiger partial charge < -0.3 is 34.7 Å². The summed E-state index contributed by atoms with van der Waals surface area (Å²) in [6.45, 7) is 12.7. The van der Waals surface area contributed by atoms with Gasteiger partial charge >= 0.3 is 0 Å². The predicted molar refractivity (Wildman–Crippen MR) is 173 cm³/mol. The van der Waals surface area contributed by atoms with E-state index >= 15 is 0 Å². The molecule has 1 atom stereocenters.